The molecular weight excluding hydrogens is 1190 g/mol. The van der Waals surface area contributed by atoms with Crippen molar-refractivity contribution in [2.24, 2.45) is 11.8 Å². The highest BCUT2D eigenvalue weighted by Gasteiger charge is 2.30. The van der Waals surface area contributed by atoms with Crippen molar-refractivity contribution >= 4 is 39.5 Å². The van der Waals surface area contributed by atoms with Crippen LogP contribution < -0.4 is 0 Å². The molecule has 0 aliphatic heterocycles. The second kappa shape index (κ2) is 62.6. The van der Waals surface area contributed by atoms with Crippen molar-refractivity contribution in [1.29, 1.82) is 0 Å². The summed E-state index contributed by atoms with van der Waals surface area (Å²) in [5.41, 5.74) is 0. The minimum Gasteiger partial charge on any atom is -0.462 e. The van der Waals surface area contributed by atoms with Gasteiger partial charge in [-0.1, -0.05) is 284 Å². The maximum Gasteiger partial charge on any atom is 0.472 e. The van der Waals surface area contributed by atoms with Crippen molar-refractivity contribution in [3.8, 4) is 0 Å². The zero-order valence-electron chi connectivity index (χ0n) is 57.9. The predicted octanol–water partition coefficient (Wildman–Crippen LogP) is 19.9. The summed E-state index contributed by atoms with van der Waals surface area (Å²) < 4.78 is 68.2. The van der Waals surface area contributed by atoms with Gasteiger partial charge < -0.3 is 33.8 Å². The molecule has 17 nitrogen and oxygen atoms in total. The molecule has 2 unspecified atom stereocenters. The lowest BCUT2D eigenvalue weighted by atomic mass is 10.0. The Hall–Kier alpha value is -2.46. The molecule has 0 aliphatic rings. The second-order valence-electron chi connectivity index (χ2n) is 25.9. The van der Waals surface area contributed by atoms with Gasteiger partial charge in [-0.05, 0) is 63.2 Å². The molecule has 0 aliphatic carbocycles. The highest BCUT2D eigenvalue weighted by Crippen LogP contribution is 2.45. The summed E-state index contributed by atoms with van der Waals surface area (Å²) in [5, 5.41) is 10.6. The van der Waals surface area contributed by atoms with E-state index in [1.54, 1.807) is 0 Å². The monoisotopic (exact) mass is 1320 g/mol. The molecule has 0 fully saturated rings. The molecule has 90 heavy (non-hydrogen) atoms. The van der Waals surface area contributed by atoms with Crippen LogP contribution in [0, 0.1) is 11.8 Å². The molecule has 0 bridgehead atoms. The third kappa shape index (κ3) is 64.3. The van der Waals surface area contributed by atoms with E-state index >= 15 is 0 Å². The van der Waals surface area contributed by atoms with Gasteiger partial charge in [-0.25, -0.2) is 9.13 Å². The second-order valence-corrected chi connectivity index (χ2v) is 28.8. The number of phosphoric acid groups is 2. The van der Waals surface area contributed by atoms with E-state index in [2.05, 4.69) is 65.8 Å². The molecule has 530 valence electrons. The van der Waals surface area contributed by atoms with Crippen LogP contribution in [-0.2, 0) is 65.4 Å². The first-order valence-corrected chi connectivity index (χ1v) is 39.3. The molecule has 0 saturated heterocycles. The van der Waals surface area contributed by atoms with Crippen LogP contribution in [0.15, 0.2) is 24.3 Å². The Balaban J connectivity index is 5.28. The Morgan fingerprint density at radius 1 is 0.344 bits per heavy atom. The number of unbranched alkanes of at least 4 members (excludes halogenated alkanes) is 35. The molecule has 19 heteroatoms. The third-order valence-electron chi connectivity index (χ3n) is 15.8. The molecule has 0 radical (unpaired) electrons. The van der Waals surface area contributed by atoms with E-state index in [-0.39, 0.29) is 25.7 Å². The van der Waals surface area contributed by atoms with Crippen LogP contribution in [0.5, 0.6) is 0 Å². The Bertz CT molecular complexity index is 1850. The smallest absolute Gasteiger partial charge is 0.462 e. The van der Waals surface area contributed by atoms with Gasteiger partial charge in [0.1, 0.15) is 19.3 Å². The minimum absolute atomic E-state index is 0.0846. The van der Waals surface area contributed by atoms with E-state index < -0.39 is 97.5 Å². The van der Waals surface area contributed by atoms with Crippen molar-refractivity contribution in [3.05, 3.63) is 24.3 Å². The number of allylic oxidation sites excluding steroid dienone is 4. The Morgan fingerprint density at radius 2 is 0.600 bits per heavy atom. The zero-order chi connectivity index (χ0) is 66.5. The van der Waals surface area contributed by atoms with Crippen LogP contribution in [-0.4, -0.2) is 96.7 Å². The van der Waals surface area contributed by atoms with Gasteiger partial charge in [0.2, 0.25) is 0 Å². The largest absolute Gasteiger partial charge is 0.472 e. The maximum atomic E-state index is 13.0. The molecule has 0 rings (SSSR count). The first-order valence-electron chi connectivity index (χ1n) is 36.3. The fourth-order valence-electron chi connectivity index (χ4n) is 10.2. The Labute approximate surface area is 548 Å². The van der Waals surface area contributed by atoms with Gasteiger partial charge in [0, 0.05) is 25.7 Å². The van der Waals surface area contributed by atoms with E-state index in [0.717, 1.165) is 115 Å². The molecular formula is C71H134O17P2. The van der Waals surface area contributed by atoms with Crippen molar-refractivity contribution in [3.63, 3.8) is 0 Å². The highest BCUT2D eigenvalue weighted by atomic mass is 31.2. The first kappa shape index (κ1) is 87.5. The van der Waals surface area contributed by atoms with Crippen LogP contribution >= 0.6 is 15.6 Å². The molecule has 0 aromatic rings. The zero-order valence-corrected chi connectivity index (χ0v) is 59.7. The van der Waals surface area contributed by atoms with Crippen LogP contribution in [0.3, 0.4) is 0 Å². The van der Waals surface area contributed by atoms with Gasteiger partial charge in [-0.2, -0.15) is 0 Å². The van der Waals surface area contributed by atoms with Crippen molar-refractivity contribution < 1.29 is 80.2 Å². The summed E-state index contributed by atoms with van der Waals surface area (Å²) in [6.07, 6.45) is 50.8. The lowest BCUT2D eigenvalue weighted by Crippen LogP contribution is -2.30. The third-order valence-corrected chi connectivity index (χ3v) is 17.7. The minimum atomic E-state index is -4.96. The van der Waals surface area contributed by atoms with Crippen LogP contribution in [0.2, 0.25) is 0 Å². The number of aliphatic hydroxyl groups excluding tert-OH is 1. The van der Waals surface area contributed by atoms with Crippen LogP contribution in [0.1, 0.15) is 337 Å². The normalized spacial score (nSPS) is 14.3. The van der Waals surface area contributed by atoms with E-state index in [0.29, 0.717) is 31.6 Å². The number of carbonyl (C=O) groups excluding carboxylic acids is 4. The van der Waals surface area contributed by atoms with E-state index in [9.17, 15) is 43.2 Å². The topological polar surface area (TPSA) is 237 Å². The van der Waals surface area contributed by atoms with E-state index in [4.69, 9.17) is 37.0 Å². The molecule has 0 aromatic carbocycles. The summed E-state index contributed by atoms with van der Waals surface area (Å²) in [7, 11) is -9.91. The van der Waals surface area contributed by atoms with E-state index in [1.807, 2.05) is 0 Å². The lowest BCUT2D eigenvalue weighted by molar-refractivity contribution is -0.161. The number of aliphatic hydroxyl groups is 1. The molecule has 0 spiro atoms. The average Bonchev–Trinajstić information content (AvgIpc) is 2.95. The van der Waals surface area contributed by atoms with Crippen LogP contribution in [0.25, 0.3) is 0 Å². The number of esters is 4. The van der Waals surface area contributed by atoms with Gasteiger partial charge in [0.15, 0.2) is 12.2 Å². The molecule has 0 saturated carbocycles. The van der Waals surface area contributed by atoms with Gasteiger partial charge in [0.25, 0.3) is 0 Å². The first-order chi connectivity index (χ1) is 43.4. The summed E-state index contributed by atoms with van der Waals surface area (Å²) in [6, 6.07) is 0. The average molecular weight is 1320 g/mol. The summed E-state index contributed by atoms with van der Waals surface area (Å²) in [4.78, 5) is 72.5. The van der Waals surface area contributed by atoms with Gasteiger partial charge in [-0.3, -0.25) is 37.3 Å². The van der Waals surface area contributed by atoms with Gasteiger partial charge in [-0.15, -0.1) is 0 Å². The highest BCUT2D eigenvalue weighted by molar-refractivity contribution is 7.47. The molecule has 0 aromatic heterocycles. The molecule has 5 atom stereocenters. The number of hydrogen-bond acceptors (Lipinski definition) is 15. The number of ether oxygens (including phenoxy) is 4. The SMILES string of the molecule is CCCCCC/C=C\C=C/CCCCCCCC(=O)O[C@H](COC(=O)CCCCCCCCCCCCC(C)C)COP(=O)(O)OC[C@@H](O)COP(=O)(O)OC[C@@H](COC(=O)CCCCCCCCC(C)C)OC(=O)CCCCCCCCCCCCCCC. The van der Waals surface area contributed by atoms with Gasteiger partial charge >= 0.3 is 39.5 Å². The van der Waals surface area contributed by atoms with E-state index in [1.165, 1.54) is 135 Å². The summed E-state index contributed by atoms with van der Waals surface area (Å²) in [6.45, 7) is 9.40. The predicted molar refractivity (Wildman–Crippen MR) is 363 cm³/mol. The Kier molecular flexibility index (Phi) is 60.9. The standard InChI is InChI=1S/C71H134O17P2/c1-7-9-11-13-15-17-19-21-22-24-26-32-36-44-50-56-70(75)87-66(59-81-68(73)53-47-41-34-30-28-27-29-33-39-45-51-63(3)4)61-85-89(77,78)83-57-65(72)58-84-90(79,80)86-62-67(60-82-69(74)54-48-42-38-37-40-46-52-64(5)6)88-71(76)55-49-43-35-31-25-23-20-18-16-14-12-10-8-2/h17,19,21-22,63-67,72H,7-16,18,20,23-62H2,1-6H3,(H,77,78)(H,79,80)/b19-17-,22-21-/t65-,66-,67-/m1/s1. The number of hydrogen-bond donors (Lipinski definition) is 3. The number of carbonyl (C=O) groups is 4. The lowest BCUT2D eigenvalue weighted by Gasteiger charge is -2.21. The Morgan fingerprint density at radius 3 is 0.911 bits per heavy atom. The van der Waals surface area contributed by atoms with Crippen LogP contribution in [0.4, 0.5) is 0 Å². The van der Waals surface area contributed by atoms with Gasteiger partial charge in [0.05, 0.1) is 26.4 Å². The molecule has 0 amide bonds. The number of phosphoric ester groups is 2. The van der Waals surface area contributed by atoms with Crippen molar-refractivity contribution in [2.45, 2.75) is 355 Å². The fraction of sp³-hybridized carbons (Fsp3) is 0.887. The molecule has 0 heterocycles. The maximum absolute atomic E-state index is 13.0. The van der Waals surface area contributed by atoms with Crippen molar-refractivity contribution in [1.82, 2.24) is 0 Å². The molecule has 3 N–H and O–H groups in total. The number of rotatable bonds is 68. The quantitative estimate of drug-likeness (QED) is 0.0169. The summed E-state index contributed by atoms with van der Waals surface area (Å²) in [5.74, 6) is -0.721. The fourth-order valence-corrected chi connectivity index (χ4v) is 11.8. The summed E-state index contributed by atoms with van der Waals surface area (Å²) >= 11 is 0. The van der Waals surface area contributed by atoms with Crippen molar-refractivity contribution in [2.75, 3.05) is 39.6 Å².